The lowest BCUT2D eigenvalue weighted by atomic mass is 9.47. The van der Waals surface area contributed by atoms with Crippen LogP contribution in [0.4, 0.5) is 0 Å². The van der Waals surface area contributed by atoms with E-state index in [2.05, 4.69) is 19.2 Å². The summed E-state index contributed by atoms with van der Waals surface area (Å²) in [6.07, 6.45) is 9.50. The van der Waals surface area contributed by atoms with Crippen molar-refractivity contribution in [2.24, 2.45) is 28.6 Å². The van der Waals surface area contributed by atoms with Crippen molar-refractivity contribution in [3.63, 3.8) is 0 Å². The number of carbonyl (C=O) groups excluding carboxylic acids is 4. The largest absolute Gasteiger partial charge is 0.467 e. The van der Waals surface area contributed by atoms with Crippen molar-refractivity contribution in [2.75, 3.05) is 7.11 Å². The molecule has 7 atom stereocenters. The molecule has 1 aromatic rings. The van der Waals surface area contributed by atoms with E-state index in [1.54, 1.807) is 24.3 Å². The number of nitrogens with one attached hydrogen (secondary N) is 1. The van der Waals surface area contributed by atoms with Crippen molar-refractivity contribution in [3.05, 3.63) is 47.5 Å². The summed E-state index contributed by atoms with van der Waals surface area (Å²) in [5, 5.41) is 2.70. The van der Waals surface area contributed by atoms with Gasteiger partial charge >= 0.3 is 11.9 Å². The van der Waals surface area contributed by atoms with Gasteiger partial charge in [0.1, 0.15) is 6.10 Å². The molecule has 1 aromatic carbocycles. The number of fused-ring (bicyclic) bond motifs is 5. The molecule has 0 bridgehead atoms. The summed E-state index contributed by atoms with van der Waals surface area (Å²) in [6, 6.07) is 7.99. The van der Waals surface area contributed by atoms with Crippen molar-refractivity contribution in [2.45, 2.75) is 90.2 Å². The molecule has 0 unspecified atom stereocenters. The fraction of sp³-hybridized carbons (Fsp3) is 0.625. The standard InChI is InChI=1S/C32H41NO6/c1-31-17-15-22(34)19-21(31)9-10-23-24-11-12-26(32(24,2)18-16-25(23)31)39-28(36)14-13-27(35)33-29(30(37)38-3)20-7-5-4-6-8-20/h4-8,19,23-26,29H,9-18H2,1-3H3,(H,33,35)/t23-,24+,25+,26+,29+,31-,32-/m0/s1. The topological polar surface area (TPSA) is 98.8 Å². The minimum absolute atomic E-state index is 0.0297. The van der Waals surface area contributed by atoms with Crippen LogP contribution in [0.1, 0.15) is 89.7 Å². The second-order valence-corrected chi connectivity index (χ2v) is 12.5. The molecule has 7 nitrogen and oxygen atoms in total. The first-order valence-electron chi connectivity index (χ1n) is 14.5. The minimum Gasteiger partial charge on any atom is -0.467 e. The van der Waals surface area contributed by atoms with Gasteiger partial charge in [0.2, 0.25) is 5.91 Å². The molecule has 0 heterocycles. The Morgan fingerprint density at radius 1 is 0.974 bits per heavy atom. The predicted octanol–water partition coefficient (Wildman–Crippen LogP) is 5.24. The zero-order valence-corrected chi connectivity index (χ0v) is 23.4. The Kier molecular flexibility index (Phi) is 7.71. The van der Waals surface area contributed by atoms with Crippen LogP contribution in [0.15, 0.2) is 42.0 Å². The summed E-state index contributed by atoms with van der Waals surface area (Å²) in [5.74, 6) is 0.671. The van der Waals surface area contributed by atoms with E-state index in [1.807, 2.05) is 12.1 Å². The van der Waals surface area contributed by atoms with Crippen LogP contribution in [0.25, 0.3) is 0 Å². The van der Waals surface area contributed by atoms with E-state index in [9.17, 15) is 19.2 Å². The van der Waals surface area contributed by atoms with Gasteiger partial charge in [-0.1, -0.05) is 49.8 Å². The fourth-order valence-corrected chi connectivity index (χ4v) is 8.41. The van der Waals surface area contributed by atoms with Crippen LogP contribution in [-0.2, 0) is 28.7 Å². The number of ketones is 1. The quantitative estimate of drug-likeness (QED) is 0.480. The van der Waals surface area contributed by atoms with Crippen molar-refractivity contribution in [1.29, 1.82) is 0 Å². The maximum absolute atomic E-state index is 12.9. The van der Waals surface area contributed by atoms with E-state index in [0.717, 1.165) is 44.9 Å². The second-order valence-electron chi connectivity index (χ2n) is 12.5. The number of hydrogen-bond acceptors (Lipinski definition) is 6. The number of allylic oxidation sites excluding steroid dienone is 1. The summed E-state index contributed by atoms with van der Waals surface area (Å²) >= 11 is 0. The maximum Gasteiger partial charge on any atom is 0.333 e. The van der Waals surface area contributed by atoms with Gasteiger partial charge in [0, 0.05) is 18.3 Å². The summed E-state index contributed by atoms with van der Waals surface area (Å²) in [7, 11) is 1.28. The van der Waals surface area contributed by atoms with Crippen molar-refractivity contribution >= 4 is 23.6 Å². The van der Waals surface area contributed by atoms with Crippen molar-refractivity contribution in [1.82, 2.24) is 5.32 Å². The Labute approximate surface area is 231 Å². The molecule has 7 heteroatoms. The Balaban J connectivity index is 1.17. The molecule has 4 aliphatic carbocycles. The number of ether oxygens (including phenoxy) is 2. The lowest BCUT2D eigenvalue weighted by Crippen LogP contribution is -2.51. The van der Waals surface area contributed by atoms with Crippen LogP contribution in [0.3, 0.4) is 0 Å². The smallest absolute Gasteiger partial charge is 0.333 e. The summed E-state index contributed by atoms with van der Waals surface area (Å²) < 4.78 is 10.9. The maximum atomic E-state index is 12.9. The number of hydrogen-bond donors (Lipinski definition) is 1. The number of rotatable bonds is 7. The average molecular weight is 536 g/mol. The molecular formula is C32H41NO6. The first-order chi connectivity index (χ1) is 18.7. The molecule has 1 N–H and O–H groups in total. The Morgan fingerprint density at radius 3 is 2.49 bits per heavy atom. The van der Waals surface area contributed by atoms with Gasteiger partial charge in [0.15, 0.2) is 11.8 Å². The molecule has 3 saturated carbocycles. The Hall–Kier alpha value is -2.96. The van der Waals surface area contributed by atoms with E-state index < -0.39 is 17.9 Å². The van der Waals surface area contributed by atoms with E-state index >= 15 is 0 Å². The number of benzene rings is 1. The molecule has 3 fully saturated rings. The summed E-state index contributed by atoms with van der Waals surface area (Å²) in [6.45, 7) is 4.68. The fourth-order valence-electron chi connectivity index (χ4n) is 8.41. The van der Waals surface area contributed by atoms with Gasteiger partial charge in [0.25, 0.3) is 0 Å². The van der Waals surface area contributed by atoms with Gasteiger partial charge in [-0.25, -0.2) is 4.79 Å². The highest BCUT2D eigenvalue weighted by molar-refractivity contribution is 5.91. The van der Waals surface area contributed by atoms with Crippen molar-refractivity contribution < 1.29 is 28.7 Å². The van der Waals surface area contributed by atoms with Crippen LogP contribution < -0.4 is 5.32 Å². The molecule has 0 aliphatic heterocycles. The highest BCUT2D eigenvalue weighted by Crippen LogP contribution is 2.65. The predicted molar refractivity (Wildman–Crippen MR) is 145 cm³/mol. The van der Waals surface area contributed by atoms with E-state index in [0.29, 0.717) is 29.7 Å². The van der Waals surface area contributed by atoms with Crippen LogP contribution in [0.2, 0.25) is 0 Å². The summed E-state index contributed by atoms with van der Waals surface area (Å²) in [4.78, 5) is 49.9. The van der Waals surface area contributed by atoms with Crippen LogP contribution in [-0.4, -0.2) is 36.8 Å². The van der Waals surface area contributed by atoms with Crippen LogP contribution in [0.5, 0.6) is 0 Å². The van der Waals surface area contributed by atoms with Gasteiger partial charge in [-0.05, 0) is 79.8 Å². The van der Waals surface area contributed by atoms with Gasteiger partial charge in [-0.3, -0.25) is 14.4 Å². The number of esters is 2. The Morgan fingerprint density at radius 2 is 1.74 bits per heavy atom. The molecule has 0 spiro atoms. The van der Waals surface area contributed by atoms with Gasteiger partial charge in [-0.2, -0.15) is 0 Å². The van der Waals surface area contributed by atoms with Crippen molar-refractivity contribution in [3.8, 4) is 0 Å². The molecular weight excluding hydrogens is 494 g/mol. The molecule has 0 radical (unpaired) electrons. The van der Waals surface area contributed by atoms with Crippen LogP contribution in [0, 0.1) is 28.6 Å². The zero-order chi connectivity index (χ0) is 27.8. The van der Waals surface area contributed by atoms with Gasteiger partial charge in [-0.15, -0.1) is 0 Å². The molecule has 39 heavy (non-hydrogen) atoms. The van der Waals surface area contributed by atoms with Crippen LogP contribution >= 0.6 is 0 Å². The molecule has 210 valence electrons. The Bertz CT molecular complexity index is 1160. The monoisotopic (exact) mass is 535 g/mol. The average Bonchev–Trinajstić information content (AvgIpc) is 3.26. The molecule has 0 saturated heterocycles. The zero-order valence-electron chi connectivity index (χ0n) is 23.4. The van der Waals surface area contributed by atoms with Gasteiger partial charge < -0.3 is 14.8 Å². The minimum atomic E-state index is -0.917. The third-order valence-electron chi connectivity index (χ3n) is 10.6. The third-order valence-corrected chi connectivity index (χ3v) is 10.6. The third kappa shape index (κ3) is 5.17. The van der Waals surface area contributed by atoms with E-state index in [1.165, 1.54) is 12.7 Å². The normalized spacial score (nSPS) is 34.0. The lowest BCUT2D eigenvalue weighted by Gasteiger charge is -2.57. The summed E-state index contributed by atoms with van der Waals surface area (Å²) in [5.41, 5.74) is 2.07. The first kappa shape index (κ1) is 27.6. The second kappa shape index (κ2) is 10.9. The molecule has 0 aromatic heterocycles. The number of carbonyl (C=O) groups is 4. The van der Waals surface area contributed by atoms with Gasteiger partial charge in [0.05, 0.1) is 13.5 Å². The first-order valence-corrected chi connectivity index (χ1v) is 14.5. The molecule has 4 aliphatic rings. The SMILES string of the molecule is COC(=O)[C@H](NC(=O)CCC(=O)O[C@@H]1CC[C@@H]2[C@@H]3CCC4=CC(=O)CC[C@]4(C)[C@@H]3CC[C@@]21C)c1ccccc1. The van der Waals surface area contributed by atoms with E-state index in [4.69, 9.17) is 9.47 Å². The number of amides is 1. The number of methoxy groups -OCH3 is 1. The highest BCUT2D eigenvalue weighted by atomic mass is 16.5. The highest BCUT2D eigenvalue weighted by Gasteiger charge is 2.60. The lowest BCUT2D eigenvalue weighted by molar-refractivity contribution is -0.160. The molecule has 1 amide bonds. The molecule has 5 rings (SSSR count). The van der Waals surface area contributed by atoms with E-state index in [-0.39, 0.29) is 41.5 Å².